The van der Waals surface area contributed by atoms with E-state index >= 15 is 0 Å². The fourth-order valence-electron chi connectivity index (χ4n) is 1.05. The minimum Gasteiger partial charge on any atom is -0.390 e. The molecule has 0 bridgehead atoms. The van der Waals surface area contributed by atoms with Crippen molar-refractivity contribution in [1.29, 1.82) is 0 Å². The SMILES string of the molecule is CO[Si](O)(O)CCc1ccccc1. The first-order valence-electron chi connectivity index (χ1n) is 4.18. The van der Waals surface area contributed by atoms with Gasteiger partial charge in [-0.1, -0.05) is 30.3 Å². The molecule has 0 aliphatic carbocycles. The Kier molecular flexibility index (Phi) is 3.62. The lowest BCUT2D eigenvalue weighted by molar-refractivity contribution is 0.185. The highest BCUT2D eigenvalue weighted by molar-refractivity contribution is 6.57. The summed E-state index contributed by atoms with van der Waals surface area (Å²) in [5.74, 6) is 0. The van der Waals surface area contributed by atoms with Crippen molar-refractivity contribution >= 4 is 8.80 Å². The van der Waals surface area contributed by atoms with E-state index in [0.717, 1.165) is 5.56 Å². The first-order valence-corrected chi connectivity index (χ1v) is 6.19. The lowest BCUT2D eigenvalue weighted by Crippen LogP contribution is -2.37. The van der Waals surface area contributed by atoms with Gasteiger partial charge in [0.15, 0.2) is 0 Å². The quantitative estimate of drug-likeness (QED) is 0.704. The van der Waals surface area contributed by atoms with Gasteiger partial charge in [0.2, 0.25) is 0 Å². The van der Waals surface area contributed by atoms with Gasteiger partial charge in [-0.3, -0.25) is 0 Å². The molecular weight excluding hydrogens is 184 g/mol. The molecule has 0 amide bonds. The molecule has 0 spiro atoms. The Bertz CT molecular complexity index is 248. The zero-order valence-corrected chi connectivity index (χ0v) is 8.60. The Morgan fingerprint density at radius 3 is 2.38 bits per heavy atom. The molecule has 1 aromatic carbocycles. The molecule has 72 valence electrons. The Morgan fingerprint density at radius 2 is 1.85 bits per heavy atom. The molecule has 0 aromatic heterocycles. The molecule has 0 aliphatic rings. The third kappa shape index (κ3) is 3.69. The van der Waals surface area contributed by atoms with E-state index in [4.69, 9.17) is 0 Å². The van der Waals surface area contributed by atoms with Crippen LogP contribution in [0.4, 0.5) is 0 Å². The molecule has 0 atom stereocenters. The summed E-state index contributed by atoms with van der Waals surface area (Å²) in [6, 6.07) is 10.0. The highest BCUT2D eigenvalue weighted by Gasteiger charge is 2.29. The van der Waals surface area contributed by atoms with Crippen LogP contribution in [0.5, 0.6) is 0 Å². The van der Waals surface area contributed by atoms with Crippen LogP contribution in [0.1, 0.15) is 5.56 Å². The molecule has 13 heavy (non-hydrogen) atoms. The van der Waals surface area contributed by atoms with Crippen molar-refractivity contribution in [3.63, 3.8) is 0 Å². The van der Waals surface area contributed by atoms with E-state index in [1.807, 2.05) is 30.3 Å². The predicted molar refractivity (Wildman–Crippen MR) is 52.2 cm³/mol. The molecule has 0 saturated carbocycles. The van der Waals surface area contributed by atoms with Gasteiger partial charge in [0, 0.05) is 13.2 Å². The van der Waals surface area contributed by atoms with Crippen molar-refractivity contribution in [1.82, 2.24) is 0 Å². The lowest BCUT2D eigenvalue weighted by atomic mass is 10.2. The van der Waals surface area contributed by atoms with Crippen molar-refractivity contribution < 1.29 is 14.0 Å². The summed E-state index contributed by atoms with van der Waals surface area (Å²) in [4.78, 5) is 18.5. The van der Waals surface area contributed by atoms with Gasteiger partial charge in [0.05, 0.1) is 0 Å². The van der Waals surface area contributed by atoms with E-state index < -0.39 is 8.80 Å². The largest absolute Gasteiger partial charge is 0.495 e. The predicted octanol–water partition coefficient (Wildman–Crippen LogP) is 0.799. The standard InChI is InChI=1S/C9H14O3Si/c1-12-13(10,11)8-7-9-5-3-2-4-6-9/h2-6,10-11H,7-8H2,1H3. The van der Waals surface area contributed by atoms with E-state index in [0.29, 0.717) is 12.5 Å². The van der Waals surface area contributed by atoms with Crippen LogP contribution >= 0.6 is 0 Å². The zero-order chi connectivity index (χ0) is 9.73. The van der Waals surface area contributed by atoms with Crippen LogP contribution in [-0.4, -0.2) is 25.5 Å². The van der Waals surface area contributed by atoms with Crippen LogP contribution in [-0.2, 0) is 10.8 Å². The second kappa shape index (κ2) is 4.52. The number of hydrogen-bond donors (Lipinski definition) is 2. The molecular formula is C9H14O3Si. The summed E-state index contributed by atoms with van der Waals surface area (Å²) in [5.41, 5.74) is 1.10. The highest BCUT2D eigenvalue weighted by Crippen LogP contribution is 2.09. The number of hydrogen-bond acceptors (Lipinski definition) is 3. The van der Waals surface area contributed by atoms with Gasteiger partial charge in [-0.05, 0) is 12.0 Å². The first-order chi connectivity index (χ1) is 6.14. The lowest BCUT2D eigenvalue weighted by Gasteiger charge is -2.13. The Morgan fingerprint density at radius 1 is 1.23 bits per heavy atom. The maximum absolute atomic E-state index is 9.26. The Labute approximate surface area is 79.0 Å². The second-order valence-corrected chi connectivity index (χ2v) is 5.33. The maximum atomic E-state index is 9.26. The fraction of sp³-hybridized carbons (Fsp3) is 0.333. The third-order valence-corrected chi connectivity index (χ3v) is 3.46. The molecule has 0 saturated heterocycles. The number of rotatable bonds is 4. The van der Waals surface area contributed by atoms with Crippen molar-refractivity contribution in [2.24, 2.45) is 0 Å². The average molecular weight is 198 g/mol. The van der Waals surface area contributed by atoms with Crippen molar-refractivity contribution in [2.45, 2.75) is 12.5 Å². The molecule has 0 fully saturated rings. The third-order valence-electron chi connectivity index (χ3n) is 1.91. The van der Waals surface area contributed by atoms with E-state index in [1.165, 1.54) is 7.11 Å². The summed E-state index contributed by atoms with van der Waals surface area (Å²) in [7, 11) is -2.03. The molecule has 1 rings (SSSR count). The van der Waals surface area contributed by atoms with Gasteiger partial charge >= 0.3 is 8.80 Å². The zero-order valence-electron chi connectivity index (χ0n) is 7.60. The van der Waals surface area contributed by atoms with Gasteiger partial charge in [-0.15, -0.1) is 0 Å². The number of benzene rings is 1. The molecule has 0 aliphatic heterocycles. The number of aryl methyl sites for hydroxylation is 1. The van der Waals surface area contributed by atoms with Crippen LogP contribution in [0.25, 0.3) is 0 Å². The fourth-order valence-corrected chi connectivity index (χ4v) is 1.87. The summed E-state index contributed by atoms with van der Waals surface area (Å²) in [6.45, 7) is 0. The van der Waals surface area contributed by atoms with Crippen LogP contribution in [0.2, 0.25) is 6.04 Å². The van der Waals surface area contributed by atoms with E-state index in [9.17, 15) is 9.59 Å². The van der Waals surface area contributed by atoms with Gasteiger partial charge in [0.1, 0.15) is 0 Å². The van der Waals surface area contributed by atoms with Gasteiger partial charge in [-0.25, -0.2) is 0 Å². The molecule has 0 radical (unpaired) electrons. The molecule has 4 heteroatoms. The average Bonchev–Trinajstić information content (AvgIpc) is 2.17. The molecule has 0 heterocycles. The highest BCUT2D eigenvalue weighted by atomic mass is 28.4. The first kappa shape index (κ1) is 10.4. The smallest absolute Gasteiger partial charge is 0.390 e. The summed E-state index contributed by atoms with van der Waals surface area (Å²) in [6.07, 6.45) is 0.647. The maximum Gasteiger partial charge on any atom is 0.495 e. The Balaban J connectivity index is 2.44. The van der Waals surface area contributed by atoms with Crippen molar-refractivity contribution in [3.05, 3.63) is 35.9 Å². The van der Waals surface area contributed by atoms with Crippen molar-refractivity contribution in [2.75, 3.05) is 7.11 Å². The van der Waals surface area contributed by atoms with E-state index in [-0.39, 0.29) is 0 Å². The van der Waals surface area contributed by atoms with Crippen LogP contribution in [0, 0.1) is 0 Å². The van der Waals surface area contributed by atoms with E-state index in [1.54, 1.807) is 0 Å². The molecule has 3 nitrogen and oxygen atoms in total. The normalized spacial score (nSPS) is 11.6. The topological polar surface area (TPSA) is 49.7 Å². The van der Waals surface area contributed by atoms with Crippen molar-refractivity contribution in [3.8, 4) is 0 Å². The minimum absolute atomic E-state index is 0.313. The van der Waals surface area contributed by atoms with Crippen LogP contribution < -0.4 is 0 Å². The second-order valence-electron chi connectivity index (χ2n) is 2.93. The van der Waals surface area contributed by atoms with Gasteiger partial charge in [0.25, 0.3) is 0 Å². The van der Waals surface area contributed by atoms with Gasteiger partial charge < -0.3 is 14.0 Å². The Hall–Kier alpha value is -0.683. The van der Waals surface area contributed by atoms with E-state index in [2.05, 4.69) is 4.43 Å². The summed E-state index contributed by atoms with van der Waals surface area (Å²) in [5, 5.41) is 0. The monoisotopic (exact) mass is 198 g/mol. The molecule has 1 aromatic rings. The van der Waals surface area contributed by atoms with Gasteiger partial charge in [-0.2, -0.15) is 0 Å². The van der Waals surface area contributed by atoms with Crippen LogP contribution in [0.3, 0.4) is 0 Å². The summed E-state index contributed by atoms with van der Waals surface area (Å²) < 4.78 is 4.61. The van der Waals surface area contributed by atoms with Crippen LogP contribution in [0.15, 0.2) is 30.3 Å². The molecule has 0 unspecified atom stereocenters. The molecule has 2 N–H and O–H groups in total. The summed E-state index contributed by atoms with van der Waals surface area (Å²) >= 11 is 0. The minimum atomic E-state index is -3.36.